The van der Waals surface area contributed by atoms with E-state index in [0.29, 0.717) is 27.7 Å². The van der Waals surface area contributed by atoms with Crippen LogP contribution in [0.25, 0.3) is 15.3 Å². The molecular formula is C19H16N6O2S. The Balaban J connectivity index is 1.65. The monoisotopic (exact) mass is 392 g/mol. The first kappa shape index (κ1) is 17.8. The first-order valence-corrected chi connectivity index (χ1v) is 9.29. The molecule has 0 unspecified atom stereocenters. The van der Waals surface area contributed by atoms with Crippen molar-refractivity contribution in [3.63, 3.8) is 0 Å². The van der Waals surface area contributed by atoms with E-state index in [9.17, 15) is 9.59 Å². The van der Waals surface area contributed by atoms with Crippen LogP contribution in [-0.2, 0) is 0 Å². The zero-order valence-electron chi connectivity index (χ0n) is 15.1. The summed E-state index contributed by atoms with van der Waals surface area (Å²) in [7, 11) is 0. The fourth-order valence-corrected chi connectivity index (χ4v) is 3.74. The maximum absolute atomic E-state index is 12.9. The van der Waals surface area contributed by atoms with Crippen LogP contribution in [0.4, 0.5) is 0 Å². The molecule has 0 radical (unpaired) electrons. The molecule has 0 fully saturated rings. The van der Waals surface area contributed by atoms with Crippen LogP contribution in [0.3, 0.4) is 0 Å². The summed E-state index contributed by atoms with van der Waals surface area (Å²) in [4.78, 5) is 33.4. The van der Waals surface area contributed by atoms with E-state index >= 15 is 0 Å². The van der Waals surface area contributed by atoms with Gasteiger partial charge in [-0.2, -0.15) is 9.78 Å². The van der Waals surface area contributed by atoms with Gasteiger partial charge in [-0.1, -0.05) is 23.5 Å². The van der Waals surface area contributed by atoms with Crippen molar-refractivity contribution >= 4 is 33.2 Å². The Bertz CT molecular complexity index is 1220. The van der Waals surface area contributed by atoms with Crippen LogP contribution >= 0.6 is 11.3 Å². The summed E-state index contributed by atoms with van der Waals surface area (Å²) in [5.41, 5.74) is 4.84. The van der Waals surface area contributed by atoms with Crippen LogP contribution < -0.4 is 11.0 Å². The van der Waals surface area contributed by atoms with E-state index in [4.69, 9.17) is 0 Å². The molecule has 2 N–H and O–H groups in total. The molecule has 4 aromatic rings. The number of rotatable bonds is 4. The van der Waals surface area contributed by atoms with E-state index in [1.807, 2.05) is 24.3 Å². The third-order valence-corrected chi connectivity index (χ3v) is 5.18. The van der Waals surface area contributed by atoms with Gasteiger partial charge in [-0.3, -0.25) is 19.7 Å². The van der Waals surface area contributed by atoms with Crippen LogP contribution in [0.1, 0.15) is 28.5 Å². The average Bonchev–Trinajstić information content (AvgIpc) is 3.27. The van der Waals surface area contributed by atoms with Crippen molar-refractivity contribution in [2.24, 2.45) is 5.10 Å². The summed E-state index contributed by atoms with van der Waals surface area (Å²) in [5.74, 6) is -0.396. The lowest BCUT2D eigenvalue weighted by Gasteiger charge is -2.01. The molecule has 3 aromatic heterocycles. The molecule has 4 rings (SSSR count). The summed E-state index contributed by atoms with van der Waals surface area (Å²) in [6.45, 7) is 3.45. The fourth-order valence-electron chi connectivity index (χ4n) is 2.82. The minimum atomic E-state index is -0.396. The van der Waals surface area contributed by atoms with Gasteiger partial charge in [-0.25, -0.2) is 10.4 Å². The molecule has 0 saturated heterocycles. The molecule has 3 heterocycles. The summed E-state index contributed by atoms with van der Waals surface area (Å²) in [6.07, 6.45) is 3.03. The molecule has 0 aliphatic carbocycles. The largest absolute Gasteiger partial charge is 0.293 e. The molecule has 0 aliphatic heterocycles. The molecule has 8 nitrogen and oxygen atoms in total. The number of pyridine rings is 1. The van der Waals surface area contributed by atoms with E-state index in [1.165, 1.54) is 22.2 Å². The summed E-state index contributed by atoms with van der Waals surface area (Å²) in [5, 5.41) is 7.67. The number of carbonyl (C=O) groups is 1. The molecule has 1 amide bonds. The predicted octanol–water partition coefficient (Wildman–Crippen LogP) is 2.63. The molecular weight excluding hydrogens is 376 g/mol. The van der Waals surface area contributed by atoms with Gasteiger partial charge in [0.1, 0.15) is 0 Å². The van der Waals surface area contributed by atoms with Gasteiger partial charge in [0.25, 0.3) is 11.5 Å². The second-order valence-electron chi connectivity index (χ2n) is 6.10. The highest BCUT2D eigenvalue weighted by molar-refractivity contribution is 7.20. The number of aromatic amines is 1. The highest BCUT2D eigenvalue weighted by Gasteiger charge is 2.17. The van der Waals surface area contributed by atoms with Crippen molar-refractivity contribution < 1.29 is 4.79 Å². The maximum Gasteiger partial charge on any atom is 0.282 e. The topological polar surface area (TPSA) is 105 Å². The highest BCUT2D eigenvalue weighted by Crippen LogP contribution is 2.23. The number of hydrogen-bond donors (Lipinski definition) is 2. The van der Waals surface area contributed by atoms with Gasteiger partial charge in [0, 0.05) is 18.1 Å². The third-order valence-electron chi connectivity index (χ3n) is 4.16. The fraction of sp³-hybridized carbons (Fsp3) is 0.105. The molecule has 0 saturated carbocycles. The van der Waals surface area contributed by atoms with Crippen LogP contribution in [-0.4, -0.2) is 31.4 Å². The van der Waals surface area contributed by atoms with Gasteiger partial charge in [0.05, 0.1) is 27.1 Å². The summed E-state index contributed by atoms with van der Waals surface area (Å²) < 4.78 is 2.39. The Morgan fingerprint density at radius 1 is 1.25 bits per heavy atom. The molecule has 140 valence electrons. The Kier molecular flexibility index (Phi) is 4.58. The standard InChI is InChI=1S/C19H16N6O2S/c1-11(22-23-17(26)13-6-5-9-20-10-13)16-12(2)24-25(18(16)27)19-21-14-7-3-4-8-15(14)28-19/h3-10,24H,1-2H3,(H,23,26)/b22-11+. The minimum absolute atomic E-state index is 0.270. The number of benzene rings is 1. The van der Waals surface area contributed by atoms with Gasteiger partial charge in [-0.15, -0.1) is 0 Å². The van der Waals surface area contributed by atoms with E-state index in [2.05, 4.69) is 25.6 Å². The number of fused-ring (bicyclic) bond motifs is 1. The number of aryl methyl sites for hydroxylation is 1. The second kappa shape index (κ2) is 7.20. The normalized spacial score (nSPS) is 11.7. The minimum Gasteiger partial charge on any atom is -0.293 e. The lowest BCUT2D eigenvalue weighted by Crippen LogP contribution is -2.23. The van der Waals surface area contributed by atoms with Gasteiger partial charge in [-0.05, 0) is 38.1 Å². The number of hydrazone groups is 1. The first-order chi connectivity index (χ1) is 13.5. The van der Waals surface area contributed by atoms with Crippen LogP contribution in [0.15, 0.2) is 58.7 Å². The van der Waals surface area contributed by atoms with Crippen molar-refractivity contribution in [1.82, 2.24) is 25.2 Å². The van der Waals surface area contributed by atoms with Gasteiger partial charge >= 0.3 is 0 Å². The Labute approximate surface area is 163 Å². The Morgan fingerprint density at radius 2 is 2.07 bits per heavy atom. The van der Waals surface area contributed by atoms with Crippen LogP contribution in [0, 0.1) is 6.92 Å². The van der Waals surface area contributed by atoms with Gasteiger partial charge in [0.2, 0.25) is 5.13 Å². The SMILES string of the molecule is C/C(=N\NC(=O)c1cccnc1)c1c(C)[nH]n(-c2nc3ccccc3s2)c1=O. The van der Waals surface area contributed by atoms with Crippen molar-refractivity contribution in [1.29, 1.82) is 0 Å². The summed E-state index contributed by atoms with van der Waals surface area (Å²) in [6, 6.07) is 11.0. The zero-order valence-corrected chi connectivity index (χ0v) is 15.9. The molecule has 0 atom stereocenters. The van der Waals surface area contributed by atoms with Gasteiger partial charge in [0.15, 0.2) is 0 Å². The Morgan fingerprint density at radius 3 is 2.82 bits per heavy atom. The quantitative estimate of drug-likeness (QED) is 0.411. The molecule has 0 bridgehead atoms. The highest BCUT2D eigenvalue weighted by atomic mass is 32.1. The summed E-state index contributed by atoms with van der Waals surface area (Å²) >= 11 is 1.42. The number of para-hydroxylation sites is 1. The second-order valence-corrected chi connectivity index (χ2v) is 7.11. The number of carbonyl (C=O) groups excluding carboxylic acids is 1. The number of nitrogens with one attached hydrogen (secondary N) is 2. The number of amides is 1. The van der Waals surface area contributed by atoms with Crippen molar-refractivity contribution in [3.05, 3.63) is 76.0 Å². The average molecular weight is 392 g/mol. The number of nitrogens with zero attached hydrogens (tertiary/aromatic N) is 4. The van der Waals surface area contributed by atoms with E-state index in [-0.39, 0.29) is 5.56 Å². The molecule has 0 spiro atoms. The van der Waals surface area contributed by atoms with Crippen LogP contribution in [0.5, 0.6) is 0 Å². The molecule has 0 aliphatic rings. The van der Waals surface area contributed by atoms with Gasteiger partial charge < -0.3 is 0 Å². The maximum atomic E-state index is 12.9. The smallest absolute Gasteiger partial charge is 0.282 e. The van der Waals surface area contributed by atoms with Crippen molar-refractivity contribution in [3.8, 4) is 5.13 Å². The third kappa shape index (κ3) is 3.23. The van der Waals surface area contributed by atoms with E-state index in [1.54, 1.807) is 32.2 Å². The molecule has 9 heteroatoms. The number of aromatic nitrogens is 4. The number of hydrogen-bond acceptors (Lipinski definition) is 6. The lowest BCUT2D eigenvalue weighted by atomic mass is 10.2. The van der Waals surface area contributed by atoms with Crippen LogP contribution in [0.2, 0.25) is 0 Å². The van der Waals surface area contributed by atoms with Crippen molar-refractivity contribution in [2.45, 2.75) is 13.8 Å². The Hall–Kier alpha value is -3.59. The van der Waals surface area contributed by atoms with Crippen molar-refractivity contribution in [2.75, 3.05) is 0 Å². The molecule has 28 heavy (non-hydrogen) atoms. The number of H-pyrrole nitrogens is 1. The lowest BCUT2D eigenvalue weighted by molar-refractivity contribution is 0.0954. The predicted molar refractivity (Wildman–Crippen MR) is 108 cm³/mol. The van der Waals surface area contributed by atoms with E-state index in [0.717, 1.165) is 10.2 Å². The first-order valence-electron chi connectivity index (χ1n) is 8.47. The zero-order chi connectivity index (χ0) is 19.7. The number of thiazole rings is 1. The van der Waals surface area contributed by atoms with E-state index < -0.39 is 5.91 Å². The molecule has 1 aromatic carbocycles.